The molecule has 2 heterocycles. The number of halogens is 2. The Morgan fingerprint density at radius 3 is 2.44 bits per heavy atom. The van der Waals surface area contributed by atoms with Gasteiger partial charge >= 0.3 is 29.6 Å². The summed E-state index contributed by atoms with van der Waals surface area (Å²) < 4.78 is 0. The van der Waals surface area contributed by atoms with Gasteiger partial charge in [-0.1, -0.05) is 35.3 Å². The molecule has 3 aromatic rings. The predicted molar refractivity (Wildman–Crippen MR) is 106 cm³/mol. The largest absolute Gasteiger partial charge is 1.00 e. The van der Waals surface area contributed by atoms with Crippen LogP contribution < -0.4 is 34.7 Å². The van der Waals surface area contributed by atoms with Crippen molar-refractivity contribution in [3.63, 3.8) is 0 Å². The first-order valence-electron chi connectivity index (χ1n) is 7.49. The Kier molecular flexibility index (Phi) is 6.57. The van der Waals surface area contributed by atoms with Gasteiger partial charge in [0.15, 0.2) is 5.17 Å². The van der Waals surface area contributed by atoms with Crippen molar-refractivity contribution in [1.29, 1.82) is 0 Å². The van der Waals surface area contributed by atoms with Gasteiger partial charge < -0.3 is 5.11 Å². The van der Waals surface area contributed by atoms with E-state index >= 15 is 0 Å². The van der Waals surface area contributed by atoms with Crippen LogP contribution in [0.25, 0.3) is 17.1 Å². The molecule has 0 unspecified atom stereocenters. The second-order valence-electron chi connectivity index (χ2n) is 5.30. The van der Waals surface area contributed by atoms with Gasteiger partial charge in [-0.05, 0) is 47.7 Å². The molecule has 0 saturated carbocycles. The molecule has 0 saturated heterocycles. The molecule has 1 aromatic heterocycles. The Labute approximate surface area is 191 Å². The van der Waals surface area contributed by atoms with E-state index < -0.39 is 0 Å². The average Bonchev–Trinajstić information content (AvgIpc) is 2.97. The van der Waals surface area contributed by atoms with Crippen LogP contribution in [0.3, 0.4) is 0 Å². The number of amidine groups is 1. The normalized spacial score (nSPS) is 16.6. The zero-order chi connectivity index (χ0) is 18.1. The molecule has 0 amide bonds. The van der Waals surface area contributed by atoms with Gasteiger partial charge in [-0.2, -0.15) is 0 Å². The smallest absolute Gasteiger partial charge is 0.858 e. The third-order valence-corrected chi connectivity index (χ3v) is 5.03. The quantitative estimate of drug-likeness (QED) is 0.586. The first-order valence-corrected chi connectivity index (χ1v) is 9.06. The van der Waals surface area contributed by atoms with Crippen molar-refractivity contribution >= 4 is 68.8 Å². The number of fused-ring (bicyclic) bond motifs is 1. The number of aliphatic imine (C=N–C) groups is 2. The van der Waals surface area contributed by atoms with Crippen LogP contribution in [0.2, 0.25) is 10.0 Å². The minimum absolute atomic E-state index is 0. The van der Waals surface area contributed by atoms with Crippen LogP contribution in [-0.2, 0) is 0 Å². The standard InChI is InChI=1S/C18H10Cl2N4OS.Na/c19-11-2-1-3-12(20)16(11)23-18-24-17(25)15(26-18)9-10-4-5-13-14(8-10)22-7-6-21-13;/h1-9H,(H,23,24,25);/q;+1/p-1/b15-9-;. The van der Waals surface area contributed by atoms with Gasteiger partial charge in [-0.3, -0.25) is 9.97 Å². The van der Waals surface area contributed by atoms with Crippen molar-refractivity contribution in [2.24, 2.45) is 9.98 Å². The maximum absolute atomic E-state index is 12.2. The molecule has 4 rings (SSSR count). The second-order valence-corrected chi connectivity index (χ2v) is 7.12. The van der Waals surface area contributed by atoms with Crippen LogP contribution in [0.5, 0.6) is 0 Å². The van der Waals surface area contributed by atoms with Crippen molar-refractivity contribution in [2.75, 3.05) is 0 Å². The third-order valence-electron chi connectivity index (χ3n) is 3.55. The van der Waals surface area contributed by atoms with Crippen LogP contribution >= 0.6 is 35.0 Å². The first kappa shape index (κ1) is 20.3. The summed E-state index contributed by atoms with van der Waals surface area (Å²) in [4.78, 5) is 17.2. The molecule has 128 valence electrons. The van der Waals surface area contributed by atoms with E-state index in [1.54, 1.807) is 36.7 Å². The van der Waals surface area contributed by atoms with Crippen LogP contribution in [0.4, 0.5) is 5.69 Å². The summed E-state index contributed by atoms with van der Waals surface area (Å²) >= 11 is 13.4. The van der Waals surface area contributed by atoms with E-state index in [4.69, 9.17) is 23.2 Å². The van der Waals surface area contributed by atoms with Crippen molar-refractivity contribution < 1.29 is 34.7 Å². The number of aromatic nitrogens is 2. The van der Waals surface area contributed by atoms with Gasteiger partial charge in [-0.25, -0.2) is 9.98 Å². The maximum Gasteiger partial charge on any atom is 1.00 e. The van der Waals surface area contributed by atoms with Gasteiger partial charge in [0.05, 0.1) is 21.1 Å². The van der Waals surface area contributed by atoms with Gasteiger partial charge in [-0.15, -0.1) is 0 Å². The average molecular weight is 423 g/mol. The Balaban J connectivity index is 0.00000210. The molecule has 9 heteroatoms. The molecule has 0 radical (unpaired) electrons. The fourth-order valence-corrected chi connectivity index (χ4v) is 3.63. The number of para-hydroxylation sites is 1. The number of hydrogen-bond acceptors (Lipinski definition) is 5. The third kappa shape index (κ3) is 4.54. The molecule has 0 atom stereocenters. The Bertz CT molecular complexity index is 1100. The topological polar surface area (TPSA) is 73.6 Å². The Hall–Kier alpha value is -1.41. The molecule has 1 aliphatic rings. The summed E-state index contributed by atoms with van der Waals surface area (Å²) in [5, 5.41) is 13.3. The predicted octanol–water partition coefficient (Wildman–Crippen LogP) is 1.47. The number of nitrogens with zero attached hydrogens (tertiary/aromatic N) is 4. The molecule has 0 aliphatic carbocycles. The SMILES string of the molecule is [Na+].[O-]C1=NC(=Nc2c(Cl)cccc2Cl)S/C1=C\c1ccc2nccnc2c1. The summed E-state index contributed by atoms with van der Waals surface area (Å²) in [7, 11) is 0. The van der Waals surface area contributed by atoms with E-state index in [2.05, 4.69) is 20.0 Å². The summed E-state index contributed by atoms with van der Waals surface area (Å²) in [5.74, 6) is -0.351. The maximum atomic E-state index is 12.2. The summed E-state index contributed by atoms with van der Waals surface area (Å²) in [6.07, 6.45) is 5.02. The first-order chi connectivity index (χ1) is 12.6. The number of thioether (sulfide) groups is 1. The molecule has 2 aromatic carbocycles. The molecule has 5 nitrogen and oxygen atoms in total. The van der Waals surface area contributed by atoms with Crippen LogP contribution in [0.15, 0.2) is 63.7 Å². The number of rotatable bonds is 2. The summed E-state index contributed by atoms with van der Waals surface area (Å²) in [6.45, 7) is 0. The van der Waals surface area contributed by atoms with Gasteiger partial charge in [0, 0.05) is 23.2 Å². The number of hydrogen-bond donors (Lipinski definition) is 0. The summed E-state index contributed by atoms with van der Waals surface area (Å²) in [5.41, 5.74) is 2.78. The zero-order valence-corrected chi connectivity index (χ0v) is 18.4. The van der Waals surface area contributed by atoms with Crippen molar-refractivity contribution in [1.82, 2.24) is 9.97 Å². The van der Waals surface area contributed by atoms with Crippen molar-refractivity contribution in [3.8, 4) is 0 Å². The van der Waals surface area contributed by atoms with Gasteiger partial charge in [0.1, 0.15) is 5.69 Å². The van der Waals surface area contributed by atoms with Crippen molar-refractivity contribution in [2.45, 2.75) is 0 Å². The van der Waals surface area contributed by atoms with E-state index in [9.17, 15) is 5.11 Å². The molecular formula is C18H9Cl2N4NaOS. The van der Waals surface area contributed by atoms with Gasteiger partial charge in [0.2, 0.25) is 0 Å². The van der Waals surface area contributed by atoms with E-state index in [0.717, 1.165) is 16.6 Å². The fourth-order valence-electron chi connectivity index (χ4n) is 2.36. The molecular weight excluding hydrogens is 414 g/mol. The van der Waals surface area contributed by atoms with Crippen LogP contribution in [0.1, 0.15) is 5.56 Å². The van der Waals surface area contributed by atoms with Crippen LogP contribution in [-0.4, -0.2) is 21.0 Å². The van der Waals surface area contributed by atoms with Crippen LogP contribution in [0, 0.1) is 0 Å². The molecule has 0 spiro atoms. The van der Waals surface area contributed by atoms with Crippen molar-refractivity contribution in [3.05, 3.63) is 69.3 Å². The minimum Gasteiger partial charge on any atom is -0.858 e. The fraction of sp³-hybridized carbons (Fsp3) is 0. The Morgan fingerprint density at radius 1 is 1.00 bits per heavy atom. The van der Waals surface area contributed by atoms with E-state index in [0.29, 0.717) is 25.8 Å². The zero-order valence-electron chi connectivity index (χ0n) is 14.1. The van der Waals surface area contributed by atoms with E-state index in [1.165, 1.54) is 11.8 Å². The van der Waals surface area contributed by atoms with E-state index in [1.807, 2.05) is 18.2 Å². The molecule has 0 bridgehead atoms. The number of benzene rings is 2. The minimum atomic E-state index is -0.351. The Morgan fingerprint density at radius 2 is 1.70 bits per heavy atom. The molecule has 27 heavy (non-hydrogen) atoms. The van der Waals surface area contributed by atoms with E-state index in [-0.39, 0.29) is 35.5 Å². The second kappa shape index (κ2) is 8.73. The molecule has 0 fully saturated rings. The molecule has 0 N–H and O–H groups in total. The monoisotopic (exact) mass is 422 g/mol. The molecule has 1 aliphatic heterocycles. The van der Waals surface area contributed by atoms with Gasteiger partial charge in [0.25, 0.3) is 0 Å². The summed E-state index contributed by atoms with van der Waals surface area (Å²) in [6, 6.07) is 10.7.